The Bertz CT molecular complexity index is 380. The summed E-state index contributed by atoms with van der Waals surface area (Å²) < 4.78 is 14.9. The van der Waals surface area contributed by atoms with E-state index in [9.17, 15) is 9.50 Å². The van der Waals surface area contributed by atoms with Crippen molar-refractivity contribution in [3.63, 3.8) is 0 Å². The van der Waals surface area contributed by atoms with Crippen LogP contribution in [0.5, 0.6) is 5.75 Å². The van der Waals surface area contributed by atoms with Crippen LogP contribution in [0, 0.1) is 0 Å². The van der Waals surface area contributed by atoms with Crippen molar-refractivity contribution in [2.24, 2.45) is 0 Å². The zero-order valence-corrected chi connectivity index (χ0v) is 9.55. The van der Waals surface area contributed by atoms with Crippen molar-refractivity contribution in [2.45, 2.75) is 12.5 Å². The van der Waals surface area contributed by atoms with Gasteiger partial charge in [0.2, 0.25) is 0 Å². The average Bonchev–Trinajstić information content (AvgIpc) is 2.36. The van der Waals surface area contributed by atoms with Crippen LogP contribution in [0.1, 0.15) is 5.56 Å². The summed E-state index contributed by atoms with van der Waals surface area (Å²) >= 11 is 0. The number of phenols is 1. The third-order valence-electron chi connectivity index (χ3n) is 2.31. The van der Waals surface area contributed by atoms with Crippen molar-refractivity contribution >= 4 is 13.1 Å². The maximum atomic E-state index is 11.4. The molecule has 0 aromatic heterocycles. The van der Waals surface area contributed by atoms with Gasteiger partial charge in [0.1, 0.15) is 0 Å². The van der Waals surface area contributed by atoms with E-state index in [-0.39, 0.29) is 12.2 Å². The predicted molar refractivity (Wildman–Crippen MR) is 62.1 cm³/mol. The van der Waals surface area contributed by atoms with E-state index >= 15 is 0 Å². The molecule has 0 spiro atoms. The topological polar surface area (TPSA) is 75.6 Å². The fraction of sp³-hybridized carbons (Fsp3) is 0.364. The molecule has 0 saturated carbocycles. The van der Waals surface area contributed by atoms with E-state index in [1.165, 1.54) is 7.11 Å². The molecule has 0 saturated heterocycles. The number of esters is 1. The molecular formula is C11H14BNO4. The standard InChI is InChI=1S/C11H14BNO4/c1-17-11(15)10(13-7-12-16)6-8-2-4-9(14)5-3-8/h2-5,10,13-14H,6-7H2,1H3. The molecule has 1 rings (SSSR count). The summed E-state index contributed by atoms with van der Waals surface area (Å²) in [5, 5.41) is 11.9. The van der Waals surface area contributed by atoms with Gasteiger partial charge >= 0.3 is 99.4 Å². The SMILES string of the molecule is COC(=O)C(Cc1ccc(O)cc1)NCB=O. The molecule has 0 radical (unpaired) electrons. The van der Waals surface area contributed by atoms with Crippen LogP contribution in [0.15, 0.2) is 24.3 Å². The number of nitrogens with one attached hydrogen (secondary N) is 1. The first-order valence-corrected chi connectivity index (χ1v) is 5.20. The van der Waals surface area contributed by atoms with E-state index in [2.05, 4.69) is 10.1 Å². The minimum absolute atomic E-state index is 0.0951. The first-order chi connectivity index (χ1) is 8.17. The van der Waals surface area contributed by atoms with Crippen molar-refractivity contribution in [3.8, 4) is 5.75 Å². The maximum absolute atomic E-state index is 11.4. The van der Waals surface area contributed by atoms with E-state index in [1.807, 2.05) is 0 Å². The number of carbonyl (C=O) groups excluding carboxylic acids is 1. The summed E-state index contributed by atoms with van der Waals surface area (Å²) in [6.45, 7) is 0. The number of carbonyl (C=O) groups is 1. The van der Waals surface area contributed by atoms with Gasteiger partial charge in [-0.3, -0.25) is 0 Å². The number of phenolic OH excluding ortho intramolecular Hbond substituents is 1. The van der Waals surface area contributed by atoms with Crippen LogP contribution in [0.4, 0.5) is 0 Å². The normalized spacial score (nSPS) is 11.6. The van der Waals surface area contributed by atoms with Crippen LogP contribution < -0.4 is 5.32 Å². The second kappa shape index (κ2) is 6.80. The van der Waals surface area contributed by atoms with Crippen molar-refractivity contribution in [1.29, 1.82) is 0 Å². The summed E-state index contributed by atoms with van der Waals surface area (Å²) in [6.07, 6.45) is 0.499. The molecule has 1 aromatic rings. The number of hydrogen-bond acceptors (Lipinski definition) is 5. The molecule has 0 bridgehead atoms. The van der Waals surface area contributed by atoms with E-state index in [4.69, 9.17) is 5.11 Å². The fourth-order valence-electron chi connectivity index (χ4n) is 1.44. The summed E-state index contributed by atoms with van der Waals surface area (Å²) in [5.74, 6) is -0.246. The zero-order chi connectivity index (χ0) is 12.7. The third-order valence-corrected chi connectivity index (χ3v) is 2.31. The Balaban J connectivity index is 2.67. The first kappa shape index (κ1) is 13.4. The Morgan fingerprint density at radius 1 is 1.47 bits per heavy atom. The Morgan fingerprint density at radius 3 is 2.65 bits per heavy atom. The van der Waals surface area contributed by atoms with Gasteiger partial charge in [-0.25, -0.2) is 0 Å². The zero-order valence-electron chi connectivity index (χ0n) is 9.55. The van der Waals surface area contributed by atoms with E-state index in [0.29, 0.717) is 13.6 Å². The third kappa shape index (κ3) is 4.36. The molecule has 6 heteroatoms. The van der Waals surface area contributed by atoms with E-state index in [1.54, 1.807) is 24.3 Å². The van der Waals surface area contributed by atoms with Crippen molar-refractivity contribution < 1.29 is 19.3 Å². The van der Waals surface area contributed by atoms with E-state index < -0.39 is 12.0 Å². The second-order valence-corrected chi connectivity index (χ2v) is 3.52. The van der Waals surface area contributed by atoms with Crippen LogP contribution >= 0.6 is 0 Å². The van der Waals surface area contributed by atoms with Crippen LogP contribution in [-0.2, 0) is 20.7 Å². The summed E-state index contributed by atoms with van der Waals surface area (Å²) in [7, 11) is 1.99. The molecule has 90 valence electrons. The van der Waals surface area contributed by atoms with Crippen molar-refractivity contribution in [3.05, 3.63) is 29.8 Å². The van der Waals surface area contributed by atoms with Crippen LogP contribution in [-0.4, -0.2) is 37.8 Å². The molecule has 0 fully saturated rings. The van der Waals surface area contributed by atoms with E-state index in [0.717, 1.165) is 5.56 Å². The monoisotopic (exact) mass is 235 g/mol. The number of methoxy groups -OCH3 is 1. The minimum atomic E-state index is -0.560. The van der Waals surface area contributed by atoms with Crippen LogP contribution in [0.25, 0.3) is 0 Å². The molecule has 0 aliphatic heterocycles. The molecule has 0 aliphatic carbocycles. The summed E-state index contributed by atoms with van der Waals surface area (Å²) in [6, 6.07) is 5.96. The average molecular weight is 235 g/mol. The van der Waals surface area contributed by atoms with Gasteiger partial charge in [0.25, 0.3) is 0 Å². The van der Waals surface area contributed by atoms with Gasteiger partial charge in [-0.2, -0.15) is 0 Å². The Kier molecular flexibility index (Phi) is 5.35. The second-order valence-electron chi connectivity index (χ2n) is 3.52. The molecule has 1 unspecified atom stereocenters. The Labute approximate surface area is 100 Å². The number of ether oxygens (including phenoxy) is 1. The molecule has 2 N–H and O–H groups in total. The first-order valence-electron chi connectivity index (χ1n) is 5.20. The molecule has 17 heavy (non-hydrogen) atoms. The van der Waals surface area contributed by atoms with Gasteiger partial charge in [-0.05, 0) is 0 Å². The van der Waals surface area contributed by atoms with Gasteiger partial charge in [-0.15, -0.1) is 0 Å². The van der Waals surface area contributed by atoms with Crippen molar-refractivity contribution in [1.82, 2.24) is 5.32 Å². The molecular weight excluding hydrogens is 221 g/mol. The number of benzene rings is 1. The van der Waals surface area contributed by atoms with Gasteiger partial charge in [0, 0.05) is 0 Å². The quantitative estimate of drug-likeness (QED) is 0.539. The summed E-state index contributed by atoms with van der Waals surface area (Å²) in [4.78, 5) is 11.4. The van der Waals surface area contributed by atoms with Gasteiger partial charge < -0.3 is 0 Å². The van der Waals surface area contributed by atoms with Gasteiger partial charge in [0.05, 0.1) is 0 Å². The molecule has 1 aromatic carbocycles. The van der Waals surface area contributed by atoms with Crippen LogP contribution in [0.3, 0.4) is 0 Å². The van der Waals surface area contributed by atoms with Crippen LogP contribution in [0.2, 0.25) is 0 Å². The molecule has 0 aliphatic rings. The Hall–Kier alpha value is -1.69. The Morgan fingerprint density at radius 2 is 2.12 bits per heavy atom. The molecule has 0 heterocycles. The summed E-state index contributed by atoms with van der Waals surface area (Å²) in [5.41, 5.74) is 0.872. The molecule has 1 atom stereocenters. The predicted octanol–water partition coefficient (Wildman–Crippen LogP) is 0.0731. The van der Waals surface area contributed by atoms with Crippen molar-refractivity contribution in [2.75, 3.05) is 13.6 Å². The van der Waals surface area contributed by atoms with Gasteiger partial charge in [0.15, 0.2) is 0 Å². The molecule has 0 amide bonds. The number of aromatic hydroxyl groups is 1. The van der Waals surface area contributed by atoms with Gasteiger partial charge in [-0.1, -0.05) is 0 Å². The fourth-order valence-corrected chi connectivity index (χ4v) is 1.44. The number of hydrogen-bond donors (Lipinski definition) is 2. The number of rotatable bonds is 6. The molecule has 5 nitrogen and oxygen atoms in total.